The predicted molar refractivity (Wildman–Crippen MR) is 168 cm³/mol. The van der Waals surface area contributed by atoms with Crippen molar-refractivity contribution < 1.29 is 33.8 Å². The van der Waals surface area contributed by atoms with Crippen molar-refractivity contribution in [3.63, 3.8) is 0 Å². The van der Waals surface area contributed by atoms with Gasteiger partial charge in [-0.2, -0.15) is 0 Å². The van der Waals surface area contributed by atoms with Crippen molar-refractivity contribution in [1.82, 2.24) is 4.90 Å². The molecule has 3 heterocycles. The van der Waals surface area contributed by atoms with E-state index in [1.54, 1.807) is 9.80 Å². The molecule has 43 heavy (non-hydrogen) atoms. The van der Waals surface area contributed by atoms with Gasteiger partial charge in [0.1, 0.15) is 0 Å². The zero-order valence-corrected chi connectivity index (χ0v) is 27.8. The molecular weight excluding hydrogens is 632 g/mol. The Kier molecular flexibility index (Phi) is 9.21. The number of amides is 2. The van der Waals surface area contributed by atoms with Crippen molar-refractivity contribution >= 4 is 47.7 Å². The molecule has 0 radical (unpaired) electrons. The third-order valence-corrected chi connectivity index (χ3v) is 12.4. The fourth-order valence-corrected chi connectivity index (χ4v) is 10.4. The maximum absolute atomic E-state index is 14.4. The molecule has 2 N–H and O–H groups in total. The third-order valence-electron chi connectivity index (χ3n) is 9.45. The van der Waals surface area contributed by atoms with Gasteiger partial charge >= 0.3 is 5.97 Å². The molecule has 232 valence electrons. The van der Waals surface area contributed by atoms with Gasteiger partial charge in [0.15, 0.2) is 13.9 Å². The Bertz CT molecular complexity index is 1400. The van der Waals surface area contributed by atoms with E-state index in [4.69, 9.17) is 9.47 Å². The average Bonchev–Trinajstić information content (AvgIpc) is 3.40. The summed E-state index contributed by atoms with van der Waals surface area (Å²) in [6, 6.07) is 13.3. The second-order valence-electron chi connectivity index (χ2n) is 12.5. The molecule has 2 aromatic rings. The van der Waals surface area contributed by atoms with Crippen molar-refractivity contribution in [3.05, 3.63) is 63.6 Å². The molecule has 9 nitrogen and oxygen atoms in total. The van der Waals surface area contributed by atoms with Crippen LogP contribution in [0.2, 0.25) is 18.6 Å². The zero-order valence-electron chi connectivity index (χ0n) is 25.2. The number of anilines is 1. The first kappa shape index (κ1) is 31.8. The van der Waals surface area contributed by atoms with Gasteiger partial charge in [-0.05, 0) is 61.7 Å². The van der Waals surface area contributed by atoms with Gasteiger partial charge in [-0.25, -0.2) is 0 Å². The van der Waals surface area contributed by atoms with Crippen LogP contribution in [0.1, 0.15) is 49.3 Å². The first-order valence-corrected chi connectivity index (χ1v) is 18.8. The minimum absolute atomic E-state index is 0.00214. The van der Waals surface area contributed by atoms with Gasteiger partial charge in [0.25, 0.3) is 5.91 Å². The van der Waals surface area contributed by atoms with Crippen LogP contribution in [0.3, 0.4) is 0 Å². The van der Waals surface area contributed by atoms with Crippen molar-refractivity contribution in [2.45, 2.75) is 82.0 Å². The summed E-state index contributed by atoms with van der Waals surface area (Å²) >= 11 is 3.57. The number of aliphatic hydroxyl groups excluding tert-OH is 1. The normalized spacial score (nSPS) is 26.5. The van der Waals surface area contributed by atoms with Crippen LogP contribution in [0, 0.1) is 5.92 Å². The Morgan fingerprint density at radius 3 is 2.56 bits per heavy atom. The number of ether oxygens (including phenoxy) is 2. The lowest BCUT2D eigenvalue weighted by Gasteiger charge is -2.37. The van der Waals surface area contributed by atoms with Gasteiger partial charge in [0.2, 0.25) is 5.91 Å². The van der Waals surface area contributed by atoms with Gasteiger partial charge in [-0.1, -0.05) is 47.1 Å². The molecule has 5 atom stereocenters. The lowest BCUT2D eigenvalue weighted by molar-refractivity contribution is -0.151. The molecule has 11 heteroatoms. The van der Waals surface area contributed by atoms with Gasteiger partial charge in [-0.15, -0.1) is 0 Å². The Hall–Kier alpha value is -2.57. The van der Waals surface area contributed by atoms with E-state index in [9.17, 15) is 24.3 Å². The average molecular weight is 674 g/mol. The molecule has 3 aliphatic rings. The number of carbonyl (C=O) groups excluding carboxylic acids is 3. The Balaban J connectivity index is 1.45. The molecule has 1 spiro atoms. The summed E-state index contributed by atoms with van der Waals surface area (Å²) in [7, 11) is -1.59. The topological polar surface area (TPSA) is 117 Å². The van der Waals surface area contributed by atoms with Crippen LogP contribution in [0.15, 0.2) is 46.9 Å². The summed E-state index contributed by atoms with van der Waals surface area (Å²) in [6.07, 6.45) is 1.34. The smallest absolute Gasteiger partial charge is 0.305 e. The molecule has 0 aromatic heterocycles. The number of aliphatic hydroxyl groups is 1. The molecule has 3 aliphatic heterocycles. The van der Waals surface area contributed by atoms with E-state index in [1.165, 1.54) is 7.11 Å². The lowest BCUT2D eigenvalue weighted by Crippen LogP contribution is -2.48. The van der Waals surface area contributed by atoms with Crippen LogP contribution in [0.5, 0.6) is 0 Å². The van der Waals surface area contributed by atoms with E-state index in [2.05, 4.69) is 15.9 Å². The highest BCUT2D eigenvalue weighted by molar-refractivity contribution is 9.10. The largest absolute Gasteiger partial charge is 0.469 e. The number of hydrogen-bond donors (Lipinski definition) is 2. The molecule has 1 fully saturated rings. The molecule has 0 saturated carbocycles. The fraction of sp³-hybridized carbons (Fsp3) is 0.531. The minimum Gasteiger partial charge on any atom is -0.469 e. The van der Waals surface area contributed by atoms with Crippen LogP contribution < -0.4 is 4.90 Å². The fourth-order valence-electron chi connectivity index (χ4n) is 7.44. The summed E-state index contributed by atoms with van der Waals surface area (Å²) < 4.78 is 12.4. The number of benzene rings is 2. The quantitative estimate of drug-likeness (QED) is 0.232. The van der Waals surface area contributed by atoms with Crippen LogP contribution in [-0.2, 0) is 42.4 Å². The van der Waals surface area contributed by atoms with Gasteiger partial charge in [0.05, 0.1) is 38.0 Å². The van der Waals surface area contributed by atoms with Crippen molar-refractivity contribution in [2.75, 3.05) is 25.2 Å². The highest BCUT2D eigenvalue weighted by atomic mass is 79.9. The summed E-state index contributed by atoms with van der Waals surface area (Å²) in [6.45, 7) is 6.28. The van der Waals surface area contributed by atoms with E-state index in [0.717, 1.165) is 26.9 Å². The second kappa shape index (κ2) is 12.4. The van der Waals surface area contributed by atoms with E-state index < -0.39 is 31.5 Å². The SMILES string of the molecule is COC(=O)CCCCN1C(=O)[C@@]2(O[C@@H](CC(=O)N3Cc4ccccc4C[C@H]3CO)[C@H]([Si](C)(C)O)[C@H]2C)c2cc(Br)ccc21. The number of halogens is 1. The molecular formula is C32H41BrN2O7Si. The predicted octanol–water partition coefficient (Wildman–Crippen LogP) is 4.27. The van der Waals surface area contributed by atoms with Crippen molar-refractivity contribution in [3.8, 4) is 0 Å². The van der Waals surface area contributed by atoms with Gasteiger partial charge in [-0.3, -0.25) is 14.4 Å². The second-order valence-corrected chi connectivity index (χ2v) is 17.4. The number of hydrogen-bond acceptors (Lipinski definition) is 7. The third kappa shape index (κ3) is 5.82. The summed E-state index contributed by atoms with van der Waals surface area (Å²) in [4.78, 5) is 55.0. The number of nitrogens with zero attached hydrogens (tertiary/aromatic N) is 2. The first-order chi connectivity index (χ1) is 20.4. The molecule has 5 rings (SSSR count). The molecule has 0 bridgehead atoms. The Labute approximate surface area is 262 Å². The van der Waals surface area contributed by atoms with Crippen molar-refractivity contribution in [1.29, 1.82) is 0 Å². The highest BCUT2D eigenvalue weighted by Gasteiger charge is 2.66. The molecule has 0 unspecified atom stereocenters. The molecule has 0 aliphatic carbocycles. The first-order valence-electron chi connectivity index (χ1n) is 15.0. The number of unbranched alkanes of at least 4 members (excludes halogenated alkanes) is 1. The van der Waals surface area contributed by atoms with E-state index >= 15 is 0 Å². The Morgan fingerprint density at radius 1 is 1.16 bits per heavy atom. The van der Waals surface area contributed by atoms with Crippen LogP contribution in [-0.4, -0.2) is 73.3 Å². The van der Waals surface area contributed by atoms with Gasteiger partial charge < -0.3 is 29.2 Å². The number of carbonyl (C=O) groups is 3. The van der Waals surface area contributed by atoms with Crippen molar-refractivity contribution in [2.24, 2.45) is 5.92 Å². The Morgan fingerprint density at radius 2 is 1.88 bits per heavy atom. The zero-order chi connectivity index (χ0) is 31.1. The van der Waals surface area contributed by atoms with Crippen LogP contribution in [0.25, 0.3) is 0 Å². The molecule has 2 aromatic carbocycles. The number of fused-ring (bicyclic) bond motifs is 3. The maximum Gasteiger partial charge on any atom is 0.305 e. The summed E-state index contributed by atoms with van der Waals surface area (Å²) in [5.74, 6) is -1.05. The number of esters is 1. The minimum atomic E-state index is -2.96. The monoisotopic (exact) mass is 672 g/mol. The van der Waals surface area contributed by atoms with Crippen LogP contribution in [0.4, 0.5) is 5.69 Å². The van der Waals surface area contributed by atoms with E-state index in [1.807, 2.05) is 62.5 Å². The standard InChI is InChI=1S/C32H41BrN2O7Si/c1-20-30(43(3,4)40)27(17-28(37)35-18-22-10-6-5-9-21(22)15-24(35)19-36)42-32(20)25-16-23(33)12-13-26(25)34(31(32)39)14-8-7-11-29(38)41-2/h5-6,9-10,12-13,16,20,24,27,30,36,40H,7-8,11,14-15,17-19H2,1-4H3/t20-,24+,27+,30-,32+/m1/s1. The molecule has 2 amide bonds. The maximum atomic E-state index is 14.4. The summed E-state index contributed by atoms with van der Waals surface area (Å²) in [5.41, 5.74) is 1.91. The summed E-state index contributed by atoms with van der Waals surface area (Å²) in [5, 5.41) is 10.2. The lowest BCUT2D eigenvalue weighted by atomic mass is 9.82. The van der Waals surface area contributed by atoms with Crippen LogP contribution >= 0.6 is 15.9 Å². The van der Waals surface area contributed by atoms with E-state index in [-0.39, 0.29) is 43.3 Å². The van der Waals surface area contributed by atoms with E-state index in [0.29, 0.717) is 32.4 Å². The number of methoxy groups -OCH3 is 1. The van der Waals surface area contributed by atoms with Gasteiger partial charge in [0, 0.05) is 41.0 Å². The number of rotatable bonds is 9. The highest BCUT2D eigenvalue weighted by Crippen LogP contribution is 2.60. The molecule has 1 saturated heterocycles.